The van der Waals surface area contributed by atoms with E-state index in [1.54, 1.807) is 25.3 Å². The maximum Gasteiger partial charge on any atom is 0.511 e. The summed E-state index contributed by atoms with van der Waals surface area (Å²) in [7, 11) is 1.60. The highest BCUT2D eigenvalue weighted by Gasteiger charge is 2.06. The molecule has 0 fully saturated rings. The predicted molar refractivity (Wildman–Crippen MR) is 59.0 cm³/mol. The number of thiazole rings is 1. The molecule has 6 heteroatoms. The summed E-state index contributed by atoms with van der Waals surface area (Å²) in [5.74, 6) is 0.272. The molecule has 2 aromatic rings. The molecule has 0 aliphatic rings. The smallest absolute Gasteiger partial charge is 0.449 e. The lowest BCUT2D eigenvalue weighted by atomic mass is 10.3. The van der Waals surface area contributed by atoms with Crippen molar-refractivity contribution in [2.24, 2.45) is 0 Å². The van der Waals surface area contributed by atoms with Gasteiger partial charge in [0.05, 0.1) is 16.8 Å². The minimum atomic E-state index is -1.33. The quantitative estimate of drug-likeness (QED) is 0.658. The zero-order valence-corrected chi connectivity index (χ0v) is 9.28. The molecule has 84 valence electrons. The third-order valence-corrected chi connectivity index (χ3v) is 2.89. The van der Waals surface area contributed by atoms with E-state index in [1.807, 2.05) is 0 Å². The second-order valence-corrected chi connectivity index (χ2v) is 4.15. The van der Waals surface area contributed by atoms with Gasteiger partial charge in [0.15, 0.2) is 0 Å². The molecule has 5 nitrogen and oxygen atoms in total. The molecule has 0 aliphatic heterocycles. The number of carboxylic acid groups (broad SMARTS) is 1. The Hall–Kier alpha value is -1.66. The van der Waals surface area contributed by atoms with Crippen LogP contribution in [0.4, 0.5) is 4.79 Å². The number of nitrogens with zero attached hydrogens (tertiary/aromatic N) is 1. The van der Waals surface area contributed by atoms with E-state index in [0.717, 1.165) is 15.2 Å². The van der Waals surface area contributed by atoms with E-state index in [0.29, 0.717) is 6.61 Å². The molecule has 0 unspecified atom stereocenters. The van der Waals surface area contributed by atoms with Crippen molar-refractivity contribution in [3.63, 3.8) is 0 Å². The lowest BCUT2D eigenvalue weighted by Crippen LogP contribution is -2.02. The van der Waals surface area contributed by atoms with Crippen LogP contribution in [0.15, 0.2) is 18.2 Å². The zero-order valence-electron chi connectivity index (χ0n) is 8.47. The van der Waals surface area contributed by atoms with Gasteiger partial charge in [-0.05, 0) is 12.1 Å². The first kappa shape index (κ1) is 10.8. The number of carbonyl (C=O) groups is 1. The van der Waals surface area contributed by atoms with Crippen LogP contribution in [-0.2, 0) is 11.3 Å². The second-order valence-electron chi connectivity index (χ2n) is 3.04. The first-order valence-electron chi connectivity index (χ1n) is 4.48. The van der Waals surface area contributed by atoms with E-state index in [1.165, 1.54) is 11.3 Å². The number of benzene rings is 1. The molecule has 2 rings (SSSR count). The molecule has 0 spiro atoms. The molecule has 1 aromatic heterocycles. The Balaban J connectivity index is 2.33. The maximum absolute atomic E-state index is 10.4. The van der Waals surface area contributed by atoms with Crippen molar-refractivity contribution in [1.82, 2.24) is 4.98 Å². The molecule has 16 heavy (non-hydrogen) atoms. The average Bonchev–Trinajstić information content (AvgIpc) is 2.59. The molecule has 0 atom stereocenters. The SMILES string of the molecule is COCc1nc2cc(OC(=O)O)ccc2s1. The van der Waals surface area contributed by atoms with Crippen molar-refractivity contribution in [2.45, 2.75) is 6.61 Å². The second kappa shape index (κ2) is 4.46. The monoisotopic (exact) mass is 239 g/mol. The van der Waals surface area contributed by atoms with Crippen molar-refractivity contribution in [3.05, 3.63) is 23.2 Å². The van der Waals surface area contributed by atoms with Crippen LogP contribution in [0.3, 0.4) is 0 Å². The van der Waals surface area contributed by atoms with E-state index in [9.17, 15) is 4.79 Å². The number of rotatable bonds is 3. The van der Waals surface area contributed by atoms with Gasteiger partial charge in [-0.2, -0.15) is 0 Å². The molecule has 0 amide bonds. The van der Waals surface area contributed by atoms with Crippen molar-refractivity contribution < 1.29 is 19.4 Å². The number of hydrogen-bond donors (Lipinski definition) is 1. The van der Waals surface area contributed by atoms with Gasteiger partial charge >= 0.3 is 6.16 Å². The molecular weight excluding hydrogens is 230 g/mol. The van der Waals surface area contributed by atoms with Crippen molar-refractivity contribution in [3.8, 4) is 5.75 Å². The summed E-state index contributed by atoms with van der Waals surface area (Å²) < 4.78 is 10.5. The number of hydrogen-bond acceptors (Lipinski definition) is 5. The van der Waals surface area contributed by atoms with Crippen LogP contribution in [0, 0.1) is 0 Å². The van der Waals surface area contributed by atoms with Gasteiger partial charge in [0.1, 0.15) is 10.8 Å². The fraction of sp³-hybridized carbons (Fsp3) is 0.200. The van der Waals surface area contributed by atoms with E-state index in [2.05, 4.69) is 9.72 Å². The number of aromatic nitrogens is 1. The zero-order chi connectivity index (χ0) is 11.5. The molecule has 0 aliphatic carbocycles. The number of ether oxygens (including phenoxy) is 2. The first-order valence-corrected chi connectivity index (χ1v) is 5.30. The third kappa shape index (κ3) is 2.29. The Morgan fingerprint density at radius 1 is 1.56 bits per heavy atom. The molecule has 1 heterocycles. The van der Waals surface area contributed by atoms with E-state index in [-0.39, 0.29) is 5.75 Å². The summed E-state index contributed by atoms with van der Waals surface area (Å²) in [4.78, 5) is 14.6. The molecule has 1 N–H and O–H groups in total. The van der Waals surface area contributed by atoms with E-state index < -0.39 is 6.16 Å². The Bertz CT molecular complexity index is 523. The van der Waals surface area contributed by atoms with Crippen LogP contribution in [0.5, 0.6) is 5.75 Å². The van der Waals surface area contributed by atoms with Gasteiger partial charge in [0.2, 0.25) is 0 Å². The normalized spacial score (nSPS) is 10.6. The molecular formula is C10H9NO4S. The topological polar surface area (TPSA) is 68.7 Å². The maximum atomic E-state index is 10.4. The lowest BCUT2D eigenvalue weighted by molar-refractivity contribution is 0.144. The van der Waals surface area contributed by atoms with Crippen molar-refractivity contribution in [2.75, 3.05) is 7.11 Å². The highest BCUT2D eigenvalue weighted by molar-refractivity contribution is 7.18. The fourth-order valence-electron chi connectivity index (χ4n) is 1.30. The number of fused-ring (bicyclic) bond motifs is 1. The Morgan fingerprint density at radius 2 is 2.38 bits per heavy atom. The van der Waals surface area contributed by atoms with Crippen LogP contribution in [0.25, 0.3) is 10.2 Å². The van der Waals surface area contributed by atoms with Crippen molar-refractivity contribution in [1.29, 1.82) is 0 Å². The van der Waals surface area contributed by atoms with Gasteiger partial charge < -0.3 is 14.6 Å². The lowest BCUT2D eigenvalue weighted by Gasteiger charge is -1.97. The van der Waals surface area contributed by atoms with Gasteiger partial charge in [0, 0.05) is 13.2 Å². The van der Waals surface area contributed by atoms with Gasteiger partial charge in [-0.1, -0.05) is 0 Å². The van der Waals surface area contributed by atoms with Crippen LogP contribution >= 0.6 is 11.3 Å². The Morgan fingerprint density at radius 3 is 3.06 bits per heavy atom. The van der Waals surface area contributed by atoms with Gasteiger partial charge in [0.25, 0.3) is 0 Å². The standard InChI is InChI=1S/C10H9NO4S/c1-14-5-9-11-7-4-6(15-10(12)13)2-3-8(7)16-9/h2-4H,5H2,1H3,(H,12,13). The number of methoxy groups -OCH3 is 1. The summed E-state index contributed by atoms with van der Waals surface area (Å²) in [6.45, 7) is 0.453. The third-order valence-electron chi connectivity index (χ3n) is 1.88. The summed E-state index contributed by atoms with van der Waals surface area (Å²) in [5.41, 5.74) is 0.718. The van der Waals surface area contributed by atoms with Crippen LogP contribution in [-0.4, -0.2) is 23.4 Å². The molecule has 0 bridgehead atoms. The largest absolute Gasteiger partial charge is 0.511 e. The Kier molecular flexibility index (Phi) is 3.02. The van der Waals surface area contributed by atoms with E-state index in [4.69, 9.17) is 9.84 Å². The summed E-state index contributed by atoms with van der Waals surface area (Å²) >= 11 is 1.51. The summed E-state index contributed by atoms with van der Waals surface area (Å²) in [5, 5.41) is 9.32. The van der Waals surface area contributed by atoms with Crippen molar-refractivity contribution >= 4 is 27.7 Å². The minimum absolute atomic E-state index is 0.272. The van der Waals surface area contributed by atoms with Gasteiger partial charge in [-0.25, -0.2) is 9.78 Å². The van der Waals surface area contributed by atoms with Crippen LogP contribution in [0.1, 0.15) is 5.01 Å². The predicted octanol–water partition coefficient (Wildman–Crippen LogP) is 2.50. The van der Waals surface area contributed by atoms with Crippen LogP contribution < -0.4 is 4.74 Å². The van der Waals surface area contributed by atoms with Gasteiger partial charge in [-0.3, -0.25) is 0 Å². The highest BCUT2D eigenvalue weighted by Crippen LogP contribution is 2.26. The molecule has 0 saturated heterocycles. The average molecular weight is 239 g/mol. The first-order chi connectivity index (χ1) is 7.69. The molecule has 0 radical (unpaired) electrons. The highest BCUT2D eigenvalue weighted by atomic mass is 32.1. The Labute approximate surface area is 95.3 Å². The van der Waals surface area contributed by atoms with Gasteiger partial charge in [-0.15, -0.1) is 11.3 Å². The molecule has 0 saturated carbocycles. The summed E-state index contributed by atoms with van der Waals surface area (Å²) in [6.07, 6.45) is -1.33. The summed E-state index contributed by atoms with van der Waals surface area (Å²) in [6, 6.07) is 4.98. The minimum Gasteiger partial charge on any atom is -0.449 e. The van der Waals surface area contributed by atoms with E-state index >= 15 is 0 Å². The molecule has 1 aromatic carbocycles. The fourth-order valence-corrected chi connectivity index (χ4v) is 2.22. The van der Waals surface area contributed by atoms with Crippen LogP contribution in [0.2, 0.25) is 0 Å².